The van der Waals surface area contributed by atoms with Crippen LogP contribution in [0.4, 0.5) is 13.2 Å². The fraction of sp³-hybridized carbons (Fsp3) is 0.533. The molecule has 1 saturated heterocycles. The van der Waals surface area contributed by atoms with E-state index in [0.29, 0.717) is 6.54 Å². The Morgan fingerprint density at radius 1 is 1.29 bits per heavy atom. The number of alkyl halides is 3. The van der Waals surface area contributed by atoms with E-state index < -0.39 is 18.1 Å². The monoisotopic (exact) mass is 300 g/mol. The Hall–Kier alpha value is -1.56. The summed E-state index contributed by atoms with van der Waals surface area (Å²) < 4.78 is 38.4. The summed E-state index contributed by atoms with van der Waals surface area (Å²) in [4.78, 5) is 12.7. The first-order valence-electron chi connectivity index (χ1n) is 6.97. The third-order valence-corrected chi connectivity index (χ3v) is 3.83. The molecule has 1 aromatic rings. The Bertz CT molecular complexity index is 487. The molecule has 1 aliphatic heterocycles. The molecule has 1 aromatic carbocycles. The van der Waals surface area contributed by atoms with Gasteiger partial charge in [0, 0.05) is 25.2 Å². The van der Waals surface area contributed by atoms with E-state index in [2.05, 4.69) is 5.32 Å². The molecule has 0 aromatic heterocycles. The van der Waals surface area contributed by atoms with Gasteiger partial charge in [-0.15, -0.1) is 0 Å². The first kappa shape index (κ1) is 15.8. The minimum atomic E-state index is -4.83. The second-order valence-electron chi connectivity index (χ2n) is 5.64. The van der Waals surface area contributed by atoms with Gasteiger partial charge < -0.3 is 10.2 Å². The normalized spacial score (nSPS) is 23.4. The number of amides is 1. The van der Waals surface area contributed by atoms with Crippen molar-refractivity contribution in [1.82, 2.24) is 10.2 Å². The number of nitrogens with one attached hydrogen (secondary N) is 1. The van der Waals surface area contributed by atoms with Gasteiger partial charge in [-0.1, -0.05) is 44.2 Å². The minimum absolute atomic E-state index is 0.0329. The van der Waals surface area contributed by atoms with Crippen LogP contribution in [-0.2, 0) is 4.79 Å². The average Bonchev–Trinajstić information content (AvgIpc) is 2.45. The highest BCUT2D eigenvalue weighted by Gasteiger charge is 2.47. The van der Waals surface area contributed by atoms with Crippen molar-refractivity contribution < 1.29 is 18.0 Å². The lowest BCUT2D eigenvalue weighted by molar-refractivity contribution is -0.190. The summed E-state index contributed by atoms with van der Waals surface area (Å²) in [5.41, 5.74) is 0.889. The maximum atomic E-state index is 12.8. The number of rotatable bonds is 2. The maximum absolute atomic E-state index is 12.8. The zero-order chi connectivity index (χ0) is 15.6. The Labute approximate surface area is 122 Å². The molecular weight excluding hydrogens is 281 g/mol. The van der Waals surface area contributed by atoms with Gasteiger partial charge in [-0.3, -0.25) is 4.79 Å². The Morgan fingerprint density at radius 2 is 1.90 bits per heavy atom. The summed E-state index contributed by atoms with van der Waals surface area (Å²) in [5.74, 6) is -1.79. The Kier molecular flexibility index (Phi) is 4.56. The van der Waals surface area contributed by atoms with Crippen molar-refractivity contribution in [3.8, 4) is 0 Å². The molecule has 2 rings (SSSR count). The predicted octanol–water partition coefficient (Wildman–Crippen LogP) is 2.75. The number of carbonyl (C=O) groups excluding carboxylic acids is 1. The number of carbonyl (C=O) groups is 1. The number of benzene rings is 1. The number of nitrogens with zero attached hydrogens (tertiary/aromatic N) is 1. The molecule has 0 saturated carbocycles. The smallest absolute Gasteiger partial charge is 0.328 e. The highest BCUT2D eigenvalue weighted by Crippen LogP contribution is 2.28. The molecule has 0 radical (unpaired) electrons. The zero-order valence-corrected chi connectivity index (χ0v) is 12.0. The van der Waals surface area contributed by atoms with Gasteiger partial charge in [-0.25, -0.2) is 0 Å². The molecule has 0 bridgehead atoms. The molecule has 0 aliphatic carbocycles. The number of hydrogen-bond donors (Lipinski definition) is 1. The van der Waals surface area contributed by atoms with Crippen LogP contribution in [0, 0.1) is 5.92 Å². The van der Waals surface area contributed by atoms with Crippen molar-refractivity contribution >= 4 is 5.91 Å². The zero-order valence-electron chi connectivity index (χ0n) is 12.0. The van der Waals surface area contributed by atoms with E-state index in [4.69, 9.17) is 0 Å². The third kappa shape index (κ3) is 3.56. The van der Waals surface area contributed by atoms with E-state index in [1.54, 1.807) is 0 Å². The lowest BCUT2D eigenvalue weighted by Crippen LogP contribution is -2.59. The van der Waals surface area contributed by atoms with Crippen LogP contribution >= 0.6 is 0 Å². The van der Waals surface area contributed by atoms with E-state index in [9.17, 15) is 18.0 Å². The molecule has 1 N–H and O–H groups in total. The van der Waals surface area contributed by atoms with Gasteiger partial charge in [0.15, 0.2) is 0 Å². The van der Waals surface area contributed by atoms with E-state index >= 15 is 0 Å². The Balaban J connectivity index is 2.22. The van der Waals surface area contributed by atoms with Crippen molar-refractivity contribution in [3.05, 3.63) is 35.9 Å². The van der Waals surface area contributed by atoms with Crippen LogP contribution in [-0.4, -0.2) is 36.1 Å². The summed E-state index contributed by atoms with van der Waals surface area (Å²) in [6.07, 6.45) is -4.83. The molecule has 1 aliphatic rings. The van der Waals surface area contributed by atoms with Crippen LogP contribution in [0.5, 0.6) is 0 Å². The number of hydrogen-bond acceptors (Lipinski definition) is 2. The predicted molar refractivity (Wildman–Crippen MR) is 73.6 cm³/mol. The molecule has 1 amide bonds. The van der Waals surface area contributed by atoms with Crippen molar-refractivity contribution in [2.24, 2.45) is 5.92 Å². The molecule has 3 nitrogen and oxygen atoms in total. The highest BCUT2D eigenvalue weighted by atomic mass is 19.4. The van der Waals surface area contributed by atoms with E-state index in [0.717, 1.165) is 10.5 Å². The van der Waals surface area contributed by atoms with E-state index in [1.165, 1.54) is 0 Å². The van der Waals surface area contributed by atoms with Gasteiger partial charge in [0.2, 0.25) is 0 Å². The quantitative estimate of drug-likeness (QED) is 0.911. The molecular formula is C15H19F3N2O. The summed E-state index contributed by atoms with van der Waals surface area (Å²) in [6, 6.07) is 8.50. The minimum Gasteiger partial charge on any atom is -0.328 e. The lowest BCUT2D eigenvalue weighted by atomic mass is 9.95. The summed E-state index contributed by atoms with van der Waals surface area (Å²) in [6.45, 7) is 4.04. The van der Waals surface area contributed by atoms with E-state index in [1.807, 2.05) is 44.2 Å². The first-order valence-corrected chi connectivity index (χ1v) is 6.97. The van der Waals surface area contributed by atoms with Gasteiger partial charge in [-0.05, 0) is 11.5 Å². The van der Waals surface area contributed by atoms with Gasteiger partial charge in [0.25, 0.3) is 0 Å². The van der Waals surface area contributed by atoms with Gasteiger partial charge in [0.05, 0.1) is 0 Å². The molecule has 21 heavy (non-hydrogen) atoms. The average molecular weight is 300 g/mol. The summed E-state index contributed by atoms with van der Waals surface area (Å²) >= 11 is 0. The third-order valence-electron chi connectivity index (χ3n) is 3.83. The molecule has 1 fully saturated rings. The topological polar surface area (TPSA) is 32.3 Å². The molecule has 0 spiro atoms. The molecule has 1 heterocycles. The van der Waals surface area contributed by atoms with Gasteiger partial charge in [0.1, 0.15) is 0 Å². The summed E-state index contributed by atoms with van der Waals surface area (Å²) in [7, 11) is 0. The molecule has 2 atom stereocenters. The molecule has 2 unspecified atom stereocenters. The largest absolute Gasteiger partial charge is 0.471 e. The molecule has 116 valence electrons. The first-order chi connectivity index (χ1) is 9.80. The van der Waals surface area contributed by atoms with Crippen LogP contribution in [0.3, 0.4) is 0 Å². The second kappa shape index (κ2) is 6.05. The fourth-order valence-electron chi connectivity index (χ4n) is 2.67. The van der Waals surface area contributed by atoms with Crippen LogP contribution in [0.1, 0.15) is 25.5 Å². The second-order valence-corrected chi connectivity index (χ2v) is 5.64. The standard InChI is InChI=1S/C15H19F3N2O/c1-10(2)13-8-19-12(11-6-4-3-5-7-11)9-20(13)14(21)15(16,17)18/h3-7,10,12-13,19H,8-9H2,1-2H3. The Morgan fingerprint density at radius 3 is 2.43 bits per heavy atom. The lowest BCUT2D eigenvalue weighted by Gasteiger charge is -2.42. The van der Waals surface area contributed by atoms with Crippen LogP contribution in [0.25, 0.3) is 0 Å². The van der Waals surface area contributed by atoms with Crippen molar-refractivity contribution in [3.63, 3.8) is 0 Å². The molecule has 6 heteroatoms. The van der Waals surface area contributed by atoms with Gasteiger partial charge in [-0.2, -0.15) is 13.2 Å². The van der Waals surface area contributed by atoms with Crippen molar-refractivity contribution in [1.29, 1.82) is 0 Å². The van der Waals surface area contributed by atoms with Gasteiger partial charge >= 0.3 is 12.1 Å². The summed E-state index contributed by atoms with van der Waals surface area (Å²) in [5, 5.41) is 3.24. The maximum Gasteiger partial charge on any atom is 0.471 e. The SMILES string of the molecule is CC(C)C1CNC(c2ccccc2)CN1C(=O)C(F)(F)F. The number of halogens is 3. The fourth-order valence-corrected chi connectivity index (χ4v) is 2.67. The van der Waals surface area contributed by atoms with Crippen molar-refractivity contribution in [2.75, 3.05) is 13.1 Å². The van der Waals surface area contributed by atoms with Crippen molar-refractivity contribution in [2.45, 2.75) is 32.1 Å². The van der Waals surface area contributed by atoms with E-state index in [-0.39, 0.29) is 18.5 Å². The van der Waals surface area contributed by atoms with Crippen LogP contribution in [0.15, 0.2) is 30.3 Å². The number of piperazine rings is 1. The van der Waals surface area contributed by atoms with Crippen LogP contribution < -0.4 is 5.32 Å². The van der Waals surface area contributed by atoms with Crippen LogP contribution in [0.2, 0.25) is 0 Å². The highest BCUT2D eigenvalue weighted by molar-refractivity contribution is 5.82.